The molecule has 0 unspecified atom stereocenters. The van der Waals surface area contributed by atoms with Crippen molar-refractivity contribution in [3.05, 3.63) is 95.7 Å². The maximum absolute atomic E-state index is 9.18. The molecule has 0 amide bonds. The Morgan fingerprint density at radius 1 is 0.696 bits per heavy atom. The summed E-state index contributed by atoms with van der Waals surface area (Å²) in [7, 11) is 0. The van der Waals surface area contributed by atoms with Gasteiger partial charge in [0.25, 0.3) is 0 Å². The van der Waals surface area contributed by atoms with Crippen LogP contribution in [-0.2, 0) is 19.7 Å². The van der Waals surface area contributed by atoms with Gasteiger partial charge in [-0.1, -0.05) is 66.7 Å². The number of benzene rings is 2. The molecule has 0 atom stereocenters. The smallest absolute Gasteiger partial charge is 0.129 e. The predicted molar refractivity (Wildman–Crippen MR) is 92.9 cm³/mol. The Bertz CT molecular complexity index is 670. The number of pyridine rings is 1. The SMILES string of the molecule is OCc1ccc(N(Cc2ccccc2)Cc2ccccc2)nc1. The van der Waals surface area contributed by atoms with Gasteiger partial charge >= 0.3 is 0 Å². The van der Waals surface area contributed by atoms with Crippen LogP contribution in [0.5, 0.6) is 0 Å². The molecular formula is C20H20N2O. The van der Waals surface area contributed by atoms with E-state index in [1.165, 1.54) is 11.1 Å². The van der Waals surface area contributed by atoms with E-state index in [2.05, 4.69) is 58.4 Å². The van der Waals surface area contributed by atoms with Crippen molar-refractivity contribution in [1.82, 2.24) is 4.98 Å². The van der Waals surface area contributed by atoms with Crippen LogP contribution in [0.4, 0.5) is 5.82 Å². The first-order valence-corrected chi connectivity index (χ1v) is 7.74. The molecule has 116 valence electrons. The van der Waals surface area contributed by atoms with Crippen LogP contribution >= 0.6 is 0 Å². The van der Waals surface area contributed by atoms with Gasteiger partial charge in [0, 0.05) is 19.3 Å². The molecule has 0 aliphatic rings. The molecule has 3 nitrogen and oxygen atoms in total. The highest BCUT2D eigenvalue weighted by Crippen LogP contribution is 2.18. The molecule has 0 saturated heterocycles. The Kier molecular flexibility index (Phi) is 5.02. The molecular weight excluding hydrogens is 284 g/mol. The zero-order chi connectivity index (χ0) is 15.9. The summed E-state index contributed by atoms with van der Waals surface area (Å²) in [5, 5.41) is 9.18. The molecule has 0 spiro atoms. The number of hydrogen-bond donors (Lipinski definition) is 1. The van der Waals surface area contributed by atoms with Gasteiger partial charge in [0.2, 0.25) is 0 Å². The number of anilines is 1. The van der Waals surface area contributed by atoms with Gasteiger partial charge in [-0.3, -0.25) is 0 Å². The molecule has 3 aromatic rings. The molecule has 0 fully saturated rings. The van der Waals surface area contributed by atoms with Crippen LogP contribution in [0.3, 0.4) is 0 Å². The average Bonchev–Trinajstić information content (AvgIpc) is 2.63. The van der Waals surface area contributed by atoms with Crippen LogP contribution in [-0.4, -0.2) is 10.1 Å². The molecule has 3 rings (SSSR count). The van der Waals surface area contributed by atoms with E-state index in [-0.39, 0.29) is 6.61 Å². The van der Waals surface area contributed by atoms with Crippen molar-refractivity contribution >= 4 is 5.82 Å². The minimum Gasteiger partial charge on any atom is -0.392 e. The molecule has 23 heavy (non-hydrogen) atoms. The molecule has 3 heteroatoms. The fraction of sp³-hybridized carbons (Fsp3) is 0.150. The average molecular weight is 304 g/mol. The minimum atomic E-state index is 0.0185. The molecule has 0 aliphatic carbocycles. The Morgan fingerprint density at radius 3 is 1.70 bits per heavy atom. The zero-order valence-electron chi connectivity index (χ0n) is 13.0. The van der Waals surface area contributed by atoms with E-state index in [0.717, 1.165) is 24.5 Å². The molecule has 0 radical (unpaired) electrons. The van der Waals surface area contributed by atoms with Gasteiger partial charge in [0.05, 0.1) is 6.61 Å². The lowest BCUT2D eigenvalue weighted by molar-refractivity contribution is 0.281. The second-order valence-corrected chi connectivity index (χ2v) is 5.51. The van der Waals surface area contributed by atoms with E-state index in [1.807, 2.05) is 24.3 Å². The summed E-state index contributed by atoms with van der Waals surface area (Å²) < 4.78 is 0. The van der Waals surface area contributed by atoms with Crippen molar-refractivity contribution in [2.45, 2.75) is 19.7 Å². The third-order valence-corrected chi connectivity index (χ3v) is 3.75. The zero-order valence-corrected chi connectivity index (χ0v) is 13.0. The van der Waals surface area contributed by atoms with Crippen LogP contribution in [0.1, 0.15) is 16.7 Å². The van der Waals surface area contributed by atoms with E-state index in [4.69, 9.17) is 0 Å². The van der Waals surface area contributed by atoms with Gasteiger partial charge < -0.3 is 10.0 Å². The Balaban J connectivity index is 1.85. The van der Waals surface area contributed by atoms with E-state index < -0.39 is 0 Å². The van der Waals surface area contributed by atoms with Gasteiger partial charge in [-0.25, -0.2) is 4.98 Å². The van der Waals surface area contributed by atoms with E-state index in [1.54, 1.807) is 6.20 Å². The summed E-state index contributed by atoms with van der Waals surface area (Å²) in [4.78, 5) is 6.75. The van der Waals surface area contributed by atoms with Crippen LogP contribution in [0.2, 0.25) is 0 Å². The van der Waals surface area contributed by atoms with Crippen molar-refractivity contribution in [2.75, 3.05) is 4.90 Å². The summed E-state index contributed by atoms with van der Waals surface area (Å²) in [6, 6.07) is 24.7. The standard InChI is InChI=1S/C20H20N2O/c23-16-19-11-12-20(21-13-19)22(14-17-7-3-1-4-8-17)15-18-9-5-2-6-10-18/h1-13,23H,14-16H2. The number of aliphatic hydroxyl groups is 1. The number of aromatic nitrogens is 1. The fourth-order valence-corrected chi connectivity index (χ4v) is 2.52. The maximum atomic E-state index is 9.18. The van der Waals surface area contributed by atoms with Crippen LogP contribution < -0.4 is 4.90 Å². The van der Waals surface area contributed by atoms with Gasteiger partial charge in [0.1, 0.15) is 5.82 Å². The molecule has 0 saturated carbocycles. The topological polar surface area (TPSA) is 36.4 Å². The number of hydrogen-bond acceptors (Lipinski definition) is 3. The highest BCUT2D eigenvalue weighted by atomic mass is 16.3. The lowest BCUT2D eigenvalue weighted by Gasteiger charge is -2.24. The number of rotatable bonds is 6. The number of aliphatic hydroxyl groups excluding tert-OH is 1. The minimum absolute atomic E-state index is 0.0185. The van der Waals surface area contributed by atoms with Crippen molar-refractivity contribution in [3.63, 3.8) is 0 Å². The van der Waals surface area contributed by atoms with E-state index in [9.17, 15) is 5.11 Å². The fourth-order valence-electron chi connectivity index (χ4n) is 2.52. The third-order valence-electron chi connectivity index (χ3n) is 3.75. The van der Waals surface area contributed by atoms with Crippen molar-refractivity contribution in [2.24, 2.45) is 0 Å². The highest BCUT2D eigenvalue weighted by molar-refractivity contribution is 5.41. The van der Waals surface area contributed by atoms with Gasteiger partial charge in [-0.15, -0.1) is 0 Å². The Morgan fingerprint density at radius 2 is 1.26 bits per heavy atom. The summed E-state index contributed by atoms with van der Waals surface area (Å²) >= 11 is 0. The molecule has 1 N–H and O–H groups in total. The lowest BCUT2D eigenvalue weighted by atomic mass is 10.1. The lowest BCUT2D eigenvalue weighted by Crippen LogP contribution is -2.23. The van der Waals surface area contributed by atoms with Crippen molar-refractivity contribution in [1.29, 1.82) is 0 Å². The second-order valence-electron chi connectivity index (χ2n) is 5.51. The van der Waals surface area contributed by atoms with Crippen molar-refractivity contribution < 1.29 is 5.11 Å². The molecule has 0 bridgehead atoms. The summed E-state index contributed by atoms with van der Waals surface area (Å²) in [6.45, 7) is 1.60. The monoisotopic (exact) mass is 304 g/mol. The first kappa shape index (κ1) is 15.3. The highest BCUT2D eigenvalue weighted by Gasteiger charge is 2.10. The summed E-state index contributed by atoms with van der Waals surface area (Å²) in [5.41, 5.74) is 3.32. The van der Waals surface area contributed by atoms with Crippen LogP contribution in [0, 0.1) is 0 Å². The van der Waals surface area contributed by atoms with E-state index >= 15 is 0 Å². The van der Waals surface area contributed by atoms with Gasteiger partial charge in [-0.05, 0) is 22.8 Å². The molecule has 1 aromatic heterocycles. The van der Waals surface area contributed by atoms with Gasteiger partial charge in [-0.2, -0.15) is 0 Å². The van der Waals surface area contributed by atoms with Crippen LogP contribution in [0.15, 0.2) is 79.0 Å². The second kappa shape index (κ2) is 7.56. The third kappa shape index (κ3) is 4.18. The molecule has 1 heterocycles. The normalized spacial score (nSPS) is 10.5. The molecule has 2 aromatic carbocycles. The van der Waals surface area contributed by atoms with E-state index in [0.29, 0.717) is 0 Å². The predicted octanol–water partition coefficient (Wildman–Crippen LogP) is 3.78. The Labute approximate surface area is 136 Å². The van der Waals surface area contributed by atoms with Gasteiger partial charge in [0.15, 0.2) is 0 Å². The first-order chi connectivity index (χ1) is 11.3. The summed E-state index contributed by atoms with van der Waals surface area (Å²) in [5.74, 6) is 0.912. The quantitative estimate of drug-likeness (QED) is 0.753. The molecule has 0 aliphatic heterocycles. The number of nitrogens with zero attached hydrogens (tertiary/aromatic N) is 2. The largest absolute Gasteiger partial charge is 0.392 e. The summed E-state index contributed by atoms with van der Waals surface area (Å²) in [6.07, 6.45) is 1.73. The first-order valence-electron chi connectivity index (χ1n) is 7.74. The Hall–Kier alpha value is -2.65. The van der Waals surface area contributed by atoms with Crippen LogP contribution in [0.25, 0.3) is 0 Å². The van der Waals surface area contributed by atoms with Crippen molar-refractivity contribution in [3.8, 4) is 0 Å². The maximum Gasteiger partial charge on any atom is 0.129 e.